The predicted octanol–water partition coefficient (Wildman–Crippen LogP) is 3.74. The molecule has 1 atom stereocenters. The molecule has 0 unspecified atom stereocenters. The Hall–Kier alpha value is -2.57. The Morgan fingerprint density at radius 1 is 1.18 bits per heavy atom. The molecule has 3 rings (SSSR count). The van der Waals surface area contributed by atoms with Crippen molar-refractivity contribution in [3.05, 3.63) is 64.7 Å². The number of benzene rings is 2. The summed E-state index contributed by atoms with van der Waals surface area (Å²) in [5.74, 6) is 0.0648. The monoisotopic (exact) mass is 403 g/mol. The van der Waals surface area contributed by atoms with E-state index in [4.69, 9.17) is 21.1 Å². The van der Waals surface area contributed by atoms with Crippen molar-refractivity contribution in [2.75, 3.05) is 6.61 Å². The predicted molar refractivity (Wildman–Crippen MR) is 105 cm³/mol. The average molecular weight is 404 g/mol. The zero-order valence-electron chi connectivity index (χ0n) is 15.3. The molecule has 6 nitrogen and oxygen atoms in total. The summed E-state index contributed by atoms with van der Waals surface area (Å²) in [5, 5.41) is 12.2. The van der Waals surface area contributed by atoms with E-state index < -0.39 is 24.5 Å². The van der Waals surface area contributed by atoms with Gasteiger partial charge in [0.15, 0.2) is 5.78 Å². The summed E-state index contributed by atoms with van der Waals surface area (Å²) < 4.78 is 10.9. The molecule has 0 aromatic heterocycles. The van der Waals surface area contributed by atoms with Crippen molar-refractivity contribution in [1.82, 2.24) is 5.32 Å². The largest absolute Gasteiger partial charge is 0.489 e. The Balaban J connectivity index is 1.57. The zero-order valence-corrected chi connectivity index (χ0v) is 16.0. The second-order valence-corrected chi connectivity index (χ2v) is 7.03. The fraction of sp³-hybridized carbons (Fsp3) is 0.333. The van der Waals surface area contributed by atoms with Crippen LogP contribution >= 0.6 is 11.6 Å². The van der Waals surface area contributed by atoms with Crippen LogP contribution in [0, 0.1) is 0 Å². The molecule has 0 aliphatic heterocycles. The molecule has 1 fully saturated rings. The first-order valence-corrected chi connectivity index (χ1v) is 9.53. The van der Waals surface area contributed by atoms with E-state index in [0.717, 1.165) is 24.8 Å². The first-order valence-electron chi connectivity index (χ1n) is 9.15. The minimum Gasteiger partial charge on any atom is -0.489 e. The maximum atomic E-state index is 12.6. The van der Waals surface area contributed by atoms with Crippen LogP contribution in [0.15, 0.2) is 48.5 Å². The minimum absolute atomic E-state index is 0.0675. The molecule has 1 amide bonds. The van der Waals surface area contributed by atoms with E-state index in [2.05, 4.69) is 5.32 Å². The van der Waals surface area contributed by atoms with Crippen LogP contribution in [0.1, 0.15) is 35.2 Å². The van der Waals surface area contributed by atoms with Gasteiger partial charge in [0.2, 0.25) is 0 Å². The number of amides is 1. The van der Waals surface area contributed by atoms with Crippen LogP contribution in [0.4, 0.5) is 4.79 Å². The third kappa shape index (κ3) is 5.24. The highest BCUT2D eigenvalue weighted by atomic mass is 35.5. The topological polar surface area (TPSA) is 84.9 Å². The number of aliphatic hydroxyl groups excluding tert-OH is 1. The van der Waals surface area contributed by atoms with Gasteiger partial charge in [-0.1, -0.05) is 41.9 Å². The summed E-state index contributed by atoms with van der Waals surface area (Å²) >= 11 is 6.22. The molecule has 1 aliphatic rings. The molecule has 2 aromatic carbocycles. The highest BCUT2D eigenvalue weighted by Crippen LogP contribution is 2.31. The van der Waals surface area contributed by atoms with Crippen LogP contribution in [0.25, 0.3) is 0 Å². The number of hydrogen-bond acceptors (Lipinski definition) is 5. The molecule has 0 saturated heterocycles. The van der Waals surface area contributed by atoms with Crippen molar-refractivity contribution in [3.63, 3.8) is 0 Å². The molecule has 1 aliphatic carbocycles. The van der Waals surface area contributed by atoms with E-state index in [9.17, 15) is 14.7 Å². The van der Waals surface area contributed by atoms with Gasteiger partial charge in [-0.15, -0.1) is 0 Å². The van der Waals surface area contributed by atoms with Crippen molar-refractivity contribution in [2.24, 2.45) is 0 Å². The van der Waals surface area contributed by atoms with Gasteiger partial charge in [-0.05, 0) is 43.0 Å². The van der Waals surface area contributed by atoms with Gasteiger partial charge in [-0.2, -0.15) is 0 Å². The summed E-state index contributed by atoms with van der Waals surface area (Å²) in [7, 11) is 0. The Bertz CT molecular complexity index is 823. The number of rotatable bonds is 8. The molecule has 0 spiro atoms. The lowest BCUT2D eigenvalue weighted by molar-refractivity contribution is 0.0864. The van der Waals surface area contributed by atoms with Crippen LogP contribution in [0.2, 0.25) is 5.02 Å². The second kappa shape index (κ2) is 9.57. The molecular weight excluding hydrogens is 382 g/mol. The lowest BCUT2D eigenvalue weighted by Crippen LogP contribution is -2.43. The normalized spacial score (nSPS) is 14.6. The van der Waals surface area contributed by atoms with E-state index in [-0.39, 0.29) is 18.3 Å². The van der Waals surface area contributed by atoms with Crippen LogP contribution < -0.4 is 10.1 Å². The summed E-state index contributed by atoms with van der Waals surface area (Å²) in [6.45, 7) is -0.491. The lowest BCUT2D eigenvalue weighted by atomic mass is 9.96. The molecule has 7 heteroatoms. The molecular formula is C21H22ClNO5. The van der Waals surface area contributed by atoms with Gasteiger partial charge in [-0.3, -0.25) is 4.79 Å². The standard InChI is InChI=1S/C21H22ClNO5/c22-17-11-15(9-10-19(17)28-16-7-4-8-16)20(25)18(12-24)23-21(26)27-13-14-5-2-1-3-6-14/h1-3,5-6,9-11,16,18,24H,4,7-8,12-13H2,(H,23,26)/t18-/m1/s1. The average Bonchev–Trinajstić information content (AvgIpc) is 2.68. The van der Waals surface area contributed by atoms with Crippen molar-refractivity contribution in [1.29, 1.82) is 0 Å². The Morgan fingerprint density at radius 2 is 1.93 bits per heavy atom. The van der Waals surface area contributed by atoms with Gasteiger partial charge < -0.3 is 19.9 Å². The van der Waals surface area contributed by atoms with Crippen molar-refractivity contribution in [2.45, 2.75) is 38.0 Å². The van der Waals surface area contributed by atoms with Gasteiger partial charge in [0.05, 0.1) is 17.7 Å². The molecule has 148 valence electrons. The van der Waals surface area contributed by atoms with E-state index in [1.165, 1.54) is 6.07 Å². The Kier molecular flexibility index (Phi) is 6.90. The fourth-order valence-electron chi connectivity index (χ4n) is 2.72. The first-order chi connectivity index (χ1) is 13.6. The van der Waals surface area contributed by atoms with Crippen molar-refractivity contribution in [3.8, 4) is 5.75 Å². The smallest absolute Gasteiger partial charge is 0.408 e. The Labute approximate surface area is 168 Å². The second-order valence-electron chi connectivity index (χ2n) is 6.62. The van der Waals surface area contributed by atoms with Gasteiger partial charge in [0.1, 0.15) is 18.4 Å². The Morgan fingerprint density at radius 3 is 2.54 bits per heavy atom. The molecule has 2 N–H and O–H groups in total. The molecule has 2 aromatic rings. The SMILES string of the molecule is O=C(N[C@H](CO)C(=O)c1ccc(OC2CCC2)c(Cl)c1)OCc1ccccc1. The fourth-order valence-corrected chi connectivity index (χ4v) is 2.95. The number of hydrogen-bond donors (Lipinski definition) is 2. The van der Waals surface area contributed by atoms with E-state index in [1.54, 1.807) is 12.1 Å². The van der Waals surface area contributed by atoms with Crippen LogP contribution in [-0.2, 0) is 11.3 Å². The number of aliphatic hydroxyl groups is 1. The zero-order chi connectivity index (χ0) is 19.9. The van der Waals surface area contributed by atoms with Crippen LogP contribution in [0.5, 0.6) is 5.75 Å². The summed E-state index contributed by atoms with van der Waals surface area (Å²) in [6.07, 6.45) is 2.53. The lowest BCUT2D eigenvalue weighted by Gasteiger charge is -2.27. The van der Waals surface area contributed by atoms with Gasteiger partial charge in [0, 0.05) is 5.56 Å². The number of Topliss-reactive ketones (excluding diaryl/α,β-unsaturated/α-hetero) is 1. The van der Waals surface area contributed by atoms with E-state index >= 15 is 0 Å². The number of alkyl carbamates (subject to hydrolysis) is 1. The van der Waals surface area contributed by atoms with E-state index in [0.29, 0.717) is 10.8 Å². The molecule has 28 heavy (non-hydrogen) atoms. The van der Waals surface area contributed by atoms with Crippen LogP contribution in [-0.4, -0.2) is 35.7 Å². The summed E-state index contributed by atoms with van der Waals surface area (Å²) in [4.78, 5) is 24.6. The van der Waals surface area contributed by atoms with Crippen molar-refractivity contribution >= 4 is 23.5 Å². The van der Waals surface area contributed by atoms with E-state index in [1.807, 2.05) is 30.3 Å². The van der Waals surface area contributed by atoms with Gasteiger partial charge in [-0.25, -0.2) is 4.79 Å². The summed E-state index contributed by atoms with van der Waals surface area (Å²) in [5.41, 5.74) is 1.09. The third-order valence-corrected chi connectivity index (χ3v) is 4.86. The molecule has 0 heterocycles. The molecule has 1 saturated carbocycles. The quantitative estimate of drug-likeness (QED) is 0.656. The maximum absolute atomic E-state index is 12.6. The molecule has 0 bridgehead atoms. The number of carbonyl (C=O) groups is 2. The maximum Gasteiger partial charge on any atom is 0.408 e. The van der Waals surface area contributed by atoms with Crippen molar-refractivity contribution < 1.29 is 24.2 Å². The third-order valence-electron chi connectivity index (χ3n) is 4.57. The number of carbonyl (C=O) groups excluding carboxylic acids is 2. The molecule has 0 radical (unpaired) electrons. The highest BCUT2D eigenvalue weighted by molar-refractivity contribution is 6.32. The number of ether oxygens (including phenoxy) is 2. The first kappa shape index (κ1) is 20.2. The highest BCUT2D eigenvalue weighted by Gasteiger charge is 2.24. The van der Waals surface area contributed by atoms with Crippen LogP contribution in [0.3, 0.4) is 0 Å². The van der Waals surface area contributed by atoms with Gasteiger partial charge in [0.25, 0.3) is 0 Å². The number of nitrogens with one attached hydrogen (secondary N) is 1. The number of ketones is 1. The van der Waals surface area contributed by atoms with Gasteiger partial charge >= 0.3 is 6.09 Å². The number of halogens is 1. The summed E-state index contributed by atoms with van der Waals surface area (Å²) in [6, 6.07) is 12.7. The minimum atomic E-state index is -1.13.